The van der Waals surface area contributed by atoms with Crippen LogP contribution >= 0.6 is 11.6 Å². The van der Waals surface area contributed by atoms with Crippen LogP contribution in [0.2, 0.25) is 5.02 Å². The molecule has 0 bridgehead atoms. The van der Waals surface area contributed by atoms with E-state index in [-0.39, 0.29) is 5.91 Å². The molecule has 1 aromatic carbocycles. The number of likely N-dealkylation sites (tertiary alicyclic amines) is 1. The number of carbonyl (C=O) groups excluding carboxylic acids is 1. The van der Waals surface area contributed by atoms with Crippen molar-refractivity contribution in [2.24, 2.45) is 0 Å². The van der Waals surface area contributed by atoms with E-state index in [1.54, 1.807) is 12.3 Å². The molecule has 0 radical (unpaired) electrons. The fourth-order valence-electron chi connectivity index (χ4n) is 3.39. The number of aryl methyl sites for hydroxylation is 1. The van der Waals surface area contributed by atoms with Gasteiger partial charge in [-0.3, -0.25) is 4.79 Å². The molecular weight excluding hydrogens is 336 g/mol. The second kappa shape index (κ2) is 7.40. The first-order valence-electron chi connectivity index (χ1n) is 8.51. The Kier molecular flexibility index (Phi) is 5.23. The van der Waals surface area contributed by atoms with Crippen LogP contribution in [0.15, 0.2) is 30.5 Å². The van der Waals surface area contributed by atoms with Gasteiger partial charge in [0, 0.05) is 38.1 Å². The molecule has 1 aromatic heterocycles. The van der Waals surface area contributed by atoms with Gasteiger partial charge in [0.1, 0.15) is 0 Å². The van der Waals surface area contributed by atoms with Gasteiger partial charge in [0.15, 0.2) is 5.82 Å². The number of anilines is 1. The summed E-state index contributed by atoms with van der Waals surface area (Å²) in [4.78, 5) is 16.7. The monoisotopic (exact) mass is 358 g/mol. The van der Waals surface area contributed by atoms with E-state index in [1.807, 2.05) is 36.0 Å². The Hall–Kier alpha value is -2.14. The molecule has 1 aliphatic heterocycles. The van der Waals surface area contributed by atoms with Crippen molar-refractivity contribution in [3.8, 4) is 0 Å². The Labute approximate surface area is 153 Å². The van der Waals surface area contributed by atoms with Crippen LogP contribution in [0.1, 0.15) is 40.2 Å². The molecule has 1 aliphatic rings. The number of hydrogen-bond acceptors (Lipinski definition) is 4. The average Bonchev–Trinajstić information content (AvgIpc) is 2.61. The first-order chi connectivity index (χ1) is 12.0. The molecule has 0 N–H and O–H groups in total. The van der Waals surface area contributed by atoms with Gasteiger partial charge < -0.3 is 9.80 Å². The normalized spacial score (nSPS) is 17.4. The van der Waals surface area contributed by atoms with Crippen LogP contribution in [0, 0.1) is 6.92 Å². The minimum Gasteiger partial charge on any atom is -0.361 e. The summed E-state index contributed by atoms with van der Waals surface area (Å²) < 4.78 is 0. The number of benzene rings is 1. The van der Waals surface area contributed by atoms with Gasteiger partial charge in [-0.1, -0.05) is 17.7 Å². The van der Waals surface area contributed by atoms with E-state index in [0.717, 1.165) is 31.0 Å². The minimum atomic E-state index is 0.0225. The van der Waals surface area contributed by atoms with Crippen molar-refractivity contribution >= 4 is 23.3 Å². The molecule has 6 heteroatoms. The Bertz CT molecular complexity index is 778. The topological polar surface area (TPSA) is 49.3 Å². The summed E-state index contributed by atoms with van der Waals surface area (Å²) in [7, 11) is 3.77. The maximum absolute atomic E-state index is 12.9. The lowest BCUT2D eigenvalue weighted by atomic mass is 9.88. The van der Waals surface area contributed by atoms with E-state index in [9.17, 15) is 4.79 Å². The average molecular weight is 359 g/mol. The van der Waals surface area contributed by atoms with Gasteiger partial charge in [-0.2, -0.15) is 5.10 Å². The van der Waals surface area contributed by atoms with E-state index in [1.165, 1.54) is 11.1 Å². The summed E-state index contributed by atoms with van der Waals surface area (Å²) in [6, 6.07) is 7.82. The molecular formula is C19H23ClN4O. The van der Waals surface area contributed by atoms with Crippen molar-refractivity contribution in [1.29, 1.82) is 0 Å². The molecule has 0 saturated carbocycles. The Morgan fingerprint density at radius 2 is 2.12 bits per heavy atom. The molecule has 2 aromatic rings. The van der Waals surface area contributed by atoms with Crippen molar-refractivity contribution in [3.05, 3.63) is 52.2 Å². The van der Waals surface area contributed by atoms with E-state index < -0.39 is 0 Å². The number of aromatic nitrogens is 2. The van der Waals surface area contributed by atoms with Crippen LogP contribution in [-0.2, 0) is 0 Å². The highest BCUT2D eigenvalue weighted by Gasteiger charge is 2.26. The van der Waals surface area contributed by atoms with Gasteiger partial charge in [0.2, 0.25) is 0 Å². The summed E-state index contributed by atoms with van der Waals surface area (Å²) >= 11 is 6.07. The van der Waals surface area contributed by atoms with Crippen molar-refractivity contribution in [2.75, 3.05) is 32.1 Å². The number of piperidine rings is 1. The summed E-state index contributed by atoms with van der Waals surface area (Å²) in [6.45, 7) is 3.58. The molecule has 2 heterocycles. The third-order valence-corrected chi connectivity index (χ3v) is 4.96. The third kappa shape index (κ3) is 3.93. The maximum atomic E-state index is 12.9. The van der Waals surface area contributed by atoms with Crippen molar-refractivity contribution in [1.82, 2.24) is 15.1 Å². The molecule has 1 amide bonds. The van der Waals surface area contributed by atoms with Crippen LogP contribution in [0.4, 0.5) is 5.82 Å². The molecule has 132 valence electrons. The minimum absolute atomic E-state index is 0.0225. The lowest BCUT2D eigenvalue weighted by Gasteiger charge is -2.33. The molecule has 1 unspecified atom stereocenters. The van der Waals surface area contributed by atoms with Crippen LogP contribution in [0.25, 0.3) is 0 Å². The number of rotatable bonds is 3. The number of nitrogens with zero attached hydrogens (tertiary/aromatic N) is 4. The fraction of sp³-hybridized carbons (Fsp3) is 0.421. The van der Waals surface area contributed by atoms with E-state index >= 15 is 0 Å². The first-order valence-corrected chi connectivity index (χ1v) is 8.89. The quantitative estimate of drug-likeness (QED) is 0.842. The van der Waals surface area contributed by atoms with Gasteiger partial charge in [-0.25, -0.2) is 0 Å². The highest BCUT2D eigenvalue weighted by molar-refractivity contribution is 6.30. The van der Waals surface area contributed by atoms with Gasteiger partial charge in [-0.15, -0.1) is 5.10 Å². The van der Waals surface area contributed by atoms with Crippen molar-refractivity contribution in [3.63, 3.8) is 0 Å². The van der Waals surface area contributed by atoms with E-state index in [2.05, 4.69) is 23.2 Å². The SMILES string of the molecule is Cc1cc(Cl)ccc1C1CCCN(C(=O)c2cnnc(N(C)C)c2)C1. The lowest BCUT2D eigenvalue weighted by molar-refractivity contribution is 0.0706. The maximum Gasteiger partial charge on any atom is 0.255 e. The Morgan fingerprint density at radius 1 is 1.32 bits per heavy atom. The van der Waals surface area contributed by atoms with Gasteiger partial charge in [0.25, 0.3) is 5.91 Å². The zero-order valence-corrected chi connectivity index (χ0v) is 15.6. The molecule has 0 aliphatic carbocycles. The van der Waals surface area contributed by atoms with Crippen molar-refractivity contribution in [2.45, 2.75) is 25.7 Å². The van der Waals surface area contributed by atoms with Crippen LogP contribution < -0.4 is 4.90 Å². The van der Waals surface area contributed by atoms with E-state index in [0.29, 0.717) is 17.3 Å². The largest absolute Gasteiger partial charge is 0.361 e. The smallest absolute Gasteiger partial charge is 0.255 e. The Morgan fingerprint density at radius 3 is 2.84 bits per heavy atom. The lowest BCUT2D eigenvalue weighted by Crippen LogP contribution is -2.39. The molecule has 25 heavy (non-hydrogen) atoms. The van der Waals surface area contributed by atoms with Crippen LogP contribution in [0.5, 0.6) is 0 Å². The van der Waals surface area contributed by atoms with Gasteiger partial charge in [-0.05, 0) is 49.1 Å². The zero-order valence-electron chi connectivity index (χ0n) is 14.9. The number of carbonyl (C=O) groups is 1. The predicted octanol–water partition coefficient (Wildman–Crippen LogP) is 3.52. The summed E-state index contributed by atoms with van der Waals surface area (Å²) in [5.74, 6) is 1.06. The van der Waals surface area contributed by atoms with Crippen LogP contribution in [0.3, 0.4) is 0 Å². The fourth-order valence-corrected chi connectivity index (χ4v) is 3.61. The highest BCUT2D eigenvalue weighted by Crippen LogP contribution is 2.31. The second-order valence-electron chi connectivity index (χ2n) is 6.79. The zero-order chi connectivity index (χ0) is 18.0. The molecule has 3 rings (SSSR count). The van der Waals surface area contributed by atoms with Gasteiger partial charge in [0.05, 0.1) is 11.8 Å². The highest BCUT2D eigenvalue weighted by atomic mass is 35.5. The second-order valence-corrected chi connectivity index (χ2v) is 7.22. The van der Waals surface area contributed by atoms with Crippen molar-refractivity contribution < 1.29 is 4.79 Å². The molecule has 1 fully saturated rings. The molecule has 1 saturated heterocycles. The summed E-state index contributed by atoms with van der Waals surface area (Å²) in [5.41, 5.74) is 3.06. The number of halogens is 1. The number of hydrogen-bond donors (Lipinski definition) is 0. The number of amides is 1. The Balaban J connectivity index is 1.79. The van der Waals surface area contributed by atoms with Crippen LogP contribution in [-0.4, -0.2) is 48.2 Å². The molecule has 1 atom stereocenters. The van der Waals surface area contributed by atoms with Gasteiger partial charge >= 0.3 is 0 Å². The first kappa shape index (κ1) is 17.7. The summed E-state index contributed by atoms with van der Waals surface area (Å²) in [5, 5.41) is 8.76. The molecule has 5 nitrogen and oxygen atoms in total. The standard InChI is InChI=1S/C19H23ClN4O/c1-13-9-16(20)6-7-17(13)14-5-4-8-24(12-14)19(25)15-10-18(23(2)3)22-21-11-15/h6-7,9-11,14H,4-5,8,12H2,1-3H3. The van der Waals surface area contributed by atoms with E-state index in [4.69, 9.17) is 11.6 Å². The molecule has 0 spiro atoms. The predicted molar refractivity (Wildman–Crippen MR) is 100 cm³/mol. The summed E-state index contributed by atoms with van der Waals surface area (Å²) in [6.07, 6.45) is 3.63. The third-order valence-electron chi connectivity index (χ3n) is 4.73.